The number of aryl methyl sites for hydroxylation is 1. The molecule has 3 aromatic rings. The van der Waals surface area contributed by atoms with Gasteiger partial charge in [0, 0.05) is 17.2 Å². The first kappa shape index (κ1) is 23.5. The molecule has 176 valence electrons. The van der Waals surface area contributed by atoms with Crippen molar-refractivity contribution >= 4 is 33.2 Å². The third-order valence-corrected chi connectivity index (χ3v) is 7.45. The summed E-state index contributed by atoms with van der Waals surface area (Å²) >= 11 is 0. The van der Waals surface area contributed by atoms with Crippen molar-refractivity contribution in [2.45, 2.75) is 38.1 Å². The Bertz CT molecular complexity index is 1370. The highest BCUT2D eigenvalue weighted by molar-refractivity contribution is 7.93. The molecule has 2 N–H and O–H groups in total. The lowest BCUT2D eigenvalue weighted by Crippen LogP contribution is -2.40. The van der Waals surface area contributed by atoms with Crippen molar-refractivity contribution in [1.82, 2.24) is 5.32 Å². The molecule has 0 radical (unpaired) electrons. The predicted molar refractivity (Wildman–Crippen MR) is 133 cm³/mol. The van der Waals surface area contributed by atoms with Crippen LogP contribution in [-0.4, -0.2) is 32.8 Å². The van der Waals surface area contributed by atoms with E-state index in [1.807, 2.05) is 32.9 Å². The molecule has 0 saturated heterocycles. The average Bonchev–Trinajstić information content (AvgIpc) is 2.81. The third kappa shape index (κ3) is 4.41. The number of anilines is 2. The van der Waals surface area contributed by atoms with Gasteiger partial charge in [0.25, 0.3) is 15.9 Å². The molecule has 0 aliphatic carbocycles. The molecule has 3 aromatic carbocycles. The number of rotatable bonds is 6. The molecule has 8 heteroatoms. The highest BCUT2D eigenvalue weighted by atomic mass is 32.2. The topological polar surface area (TPSA) is 95.6 Å². The van der Waals surface area contributed by atoms with Gasteiger partial charge in [-0.3, -0.25) is 13.9 Å². The predicted octanol–water partition coefficient (Wildman–Crippen LogP) is 4.20. The number of nitrogens with one attached hydrogen (secondary N) is 2. The van der Waals surface area contributed by atoms with Gasteiger partial charge in [-0.25, -0.2) is 8.42 Å². The number of sulfonamides is 1. The fraction of sp³-hybridized carbons (Fsp3) is 0.231. The first-order valence-electron chi connectivity index (χ1n) is 11.2. The molecule has 2 amide bonds. The van der Waals surface area contributed by atoms with Gasteiger partial charge in [0.15, 0.2) is 0 Å². The van der Waals surface area contributed by atoms with E-state index in [1.54, 1.807) is 54.6 Å². The maximum atomic E-state index is 13.5. The Morgan fingerprint density at radius 1 is 0.941 bits per heavy atom. The Hall–Kier alpha value is -3.65. The summed E-state index contributed by atoms with van der Waals surface area (Å²) in [5.41, 5.74) is 3.56. The summed E-state index contributed by atoms with van der Waals surface area (Å²) in [7, 11) is -3.95. The van der Waals surface area contributed by atoms with Crippen molar-refractivity contribution < 1.29 is 18.0 Å². The van der Waals surface area contributed by atoms with Crippen LogP contribution in [0.5, 0.6) is 0 Å². The summed E-state index contributed by atoms with van der Waals surface area (Å²) < 4.78 is 28.1. The average molecular weight is 478 g/mol. The van der Waals surface area contributed by atoms with E-state index in [0.29, 0.717) is 22.5 Å². The zero-order valence-electron chi connectivity index (χ0n) is 19.3. The molecule has 4 rings (SSSR count). The van der Waals surface area contributed by atoms with Crippen LogP contribution in [0.15, 0.2) is 71.6 Å². The van der Waals surface area contributed by atoms with Gasteiger partial charge < -0.3 is 10.6 Å². The minimum Gasteiger partial charge on any atom is -0.350 e. The van der Waals surface area contributed by atoms with Crippen molar-refractivity contribution in [3.05, 3.63) is 77.9 Å². The molecule has 0 aromatic heterocycles. The van der Waals surface area contributed by atoms with Gasteiger partial charge in [0.1, 0.15) is 6.54 Å². The van der Waals surface area contributed by atoms with Crippen LogP contribution in [0.4, 0.5) is 11.4 Å². The number of nitrogens with zero attached hydrogens (tertiary/aromatic N) is 1. The number of hydrogen-bond acceptors (Lipinski definition) is 4. The third-order valence-electron chi connectivity index (χ3n) is 5.64. The molecule has 0 spiro atoms. The summed E-state index contributed by atoms with van der Waals surface area (Å²) in [6, 6.07) is 19.0. The molecule has 0 atom stereocenters. The van der Waals surface area contributed by atoms with Gasteiger partial charge in [-0.15, -0.1) is 0 Å². The van der Waals surface area contributed by atoms with E-state index in [1.165, 1.54) is 0 Å². The van der Waals surface area contributed by atoms with Gasteiger partial charge in [-0.05, 0) is 56.2 Å². The Morgan fingerprint density at radius 3 is 2.38 bits per heavy atom. The SMILES string of the molecule is CCc1ccc2c(c1)-c1ccccc1S(=O)(=O)N2CC(=O)Nc1ccccc1C(=O)NC(C)C. The van der Waals surface area contributed by atoms with Gasteiger partial charge in [-0.2, -0.15) is 0 Å². The lowest BCUT2D eigenvalue weighted by atomic mass is 9.99. The zero-order chi connectivity index (χ0) is 24.5. The highest BCUT2D eigenvalue weighted by Crippen LogP contribution is 2.43. The van der Waals surface area contributed by atoms with Crippen LogP contribution in [0, 0.1) is 0 Å². The fourth-order valence-electron chi connectivity index (χ4n) is 4.02. The Labute approximate surface area is 199 Å². The second-order valence-electron chi connectivity index (χ2n) is 8.43. The zero-order valence-corrected chi connectivity index (χ0v) is 20.1. The standard InChI is InChI=1S/C26H27N3O4S/c1-4-18-13-14-23-21(15-18)19-9-6-8-12-24(19)34(32,33)29(23)16-25(30)28-22-11-7-5-10-20(22)26(31)27-17(2)3/h5-15,17H,4,16H2,1-3H3,(H,27,31)(H,28,30). The van der Waals surface area contributed by atoms with Crippen LogP contribution in [0.3, 0.4) is 0 Å². The Morgan fingerprint density at radius 2 is 1.65 bits per heavy atom. The molecule has 34 heavy (non-hydrogen) atoms. The molecule has 1 aliphatic heterocycles. The van der Waals surface area contributed by atoms with Crippen molar-refractivity contribution in [2.75, 3.05) is 16.2 Å². The maximum absolute atomic E-state index is 13.5. The van der Waals surface area contributed by atoms with Crippen molar-refractivity contribution in [3.63, 3.8) is 0 Å². The van der Waals surface area contributed by atoms with E-state index in [-0.39, 0.29) is 16.8 Å². The van der Waals surface area contributed by atoms with Crippen LogP contribution < -0.4 is 14.9 Å². The van der Waals surface area contributed by atoms with Crippen LogP contribution in [0.1, 0.15) is 36.7 Å². The fourth-order valence-corrected chi connectivity index (χ4v) is 5.67. The summed E-state index contributed by atoms with van der Waals surface area (Å²) in [5.74, 6) is -0.860. The summed E-state index contributed by atoms with van der Waals surface area (Å²) in [5, 5.41) is 5.53. The first-order chi connectivity index (χ1) is 16.2. The van der Waals surface area contributed by atoms with Crippen LogP contribution >= 0.6 is 0 Å². The molecule has 0 saturated carbocycles. The lowest BCUT2D eigenvalue weighted by molar-refractivity contribution is -0.114. The van der Waals surface area contributed by atoms with Gasteiger partial charge in [-0.1, -0.05) is 43.3 Å². The normalized spacial score (nSPS) is 13.7. The molecule has 0 fully saturated rings. The van der Waals surface area contributed by atoms with Crippen LogP contribution in [-0.2, 0) is 21.2 Å². The quantitative estimate of drug-likeness (QED) is 0.556. The Kier molecular flexibility index (Phi) is 6.43. The van der Waals surface area contributed by atoms with Crippen molar-refractivity contribution in [2.24, 2.45) is 0 Å². The molecular formula is C26H27N3O4S. The van der Waals surface area contributed by atoms with Gasteiger partial charge >= 0.3 is 0 Å². The highest BCUT2D eigenvalue weighted by Gasteiger charge is 2.36. The van der Waals surface area contributed by atoms with E-state index in [9.17, 15) is 18.0 Å². The number of para-hydroxylation sites is 1. The first-order valence-corrected chi connectivity index (χ1v) is 12.6. The molecule has 1 aliphatic rings. The van der Waals surface area contributed by atoms with E-state index >= 15 is 0 Å². The van der Waals surface area contributed by atoms with Gasteiger partial charge in [0.2, 0.25) is 5.91 Å². The van der Waals surface area contributed by atoms with E-state index in [0.717, 1.165) is 21.9 Å². The number of benzene rings is 3. The number of hydrogen-bond donors (Lipinski definition) is 2. The largest absolute Gasteiger partial charge is 0.350 e. The van der Waals surface area contributed by atoms with Crippen LogP contribution in [0.25, 0.3) is 11.1 Å². The molecule has 0 unspecified atom stereocenters. The molecular weight excluding hydrogens is 450 g/mol. The number of fused-ring (bicyclic) bond motifs is 3. The minimum absolute atomic E-state index is 0.0701. The summed E-state index contributed by atoms with van der Waals surface area (Å²) in [6.45, 7) is 5.31. The second kappa shape index (κ2) is 9.30. The minimum atomic E-state index is -3.95. The lowest BCUT2D eigenvalue weighted by Gasteiger charge is -2.32. The smallest absolute Gasteiger partial charge is 0.265 e. The molecule has 7 nitrogen and oxygen atoms in total. The number of amides is 2. The van der Waals surface area contributed by atoms with Gasteiger partial charge in [0.05, 0.1) is 21.8 Å². The van der Waals surface area contributed by atoms with E-state index < -0.39 is 22.5 Å². The number of carbonyl (C=O) groups is 2. The maximum Gasteiger partial charge on any atom is 0.265 e. The van der Waals surface area contributed by atoms with Crippen molar-refractivity contribution in [3.8, 4) is 11.1 Å². The Balaban J connectivity index is 1.68. The monoisotopic (exact) mass is 477 g/mol. The van der Waals surface area contributed by atoms with Crippen molar-refractivity contribution in [1.29, 1.82) is 0 Å². The molecule has 0 bridgehead atoms. The van der Waals surface area contributed by atoms with E-state index in [4.69, 9.17) is 0 Å². The van der Waals surface area contributed by atoms with E-state index in [2.05, 4.69) is 10.6 Å². The number of carbonyl (C=O) groups excluding carboxylic acids is 2. The second-order valence-corrected chi connectivity index (χ2v) is 10.3. The summed E-state index contributed by atoms with van der Waals surface area (Å²) in [6.07, 6.45) is 0.803. The van der Waals surface area contributed by atoms with Crippen LogP contribution in [0.2, 0.25) is 0 Å². The summed E-state index contributed by atoms with van der Waals surface area (Å²) in [4.78, 5) is 25.8. The molecule has 1 heterocycles.